The third-order valence-corrected chi connectivity index (χ3v) is 3.76. The van der Waals surface area contributed by atoms with Gasteiger partial charge >= 0.3 is 0 Å². The van der Waals surface area contributed by atoms with Crippen molar-refractivity contribution in [2.75, 3.05) is 7.05 Å². The van der Waals surface area contributed by atoms with Crippen molar-refractivity contribution in [1.82, 2.24) is 4.90 Å². The van der Waals surface area contributed by atoms with Gasteiger partial charge in [0.15, 0.2) is 0 Å². The lowest BCUT2D eigenvalue weighted by Crippen LogP contribution is -2.29. The number of aromatic hydroxyl groups is 1. The van der Waals surface area contributed by atoms with E-state index in [-0.39, 0.29) is 28.3 Å². The molecule has 2 aromatic rings. The van der Waals surface area contributed by atoms with E-state index in [1.54, 1.807) is 38.2 Å². The van der Waals surface area contributed by atoms with Crippen LogP contribution in [0.3, 0.4) is 0 Å². The van der Waals surface area contributed by atoms with Gasteiger partial charge in [0.25, 0.3) is 5.91 Å². The van der Waals surface area contributed by atoms with Crippen LogP contribution in [0, 0.1) is 5.82 Å². The lowest BCUT2D eigenvalue weighted by Gasteiger charge is -2.26. The first-order chi connectivity index (χ1) is 9.91. The minimum Gasteiger partial charge on any atom is -0.508 e. The molecule has 0 spiro atoms. The highest BCUT2D eigenvalue weighted by molar-refractivity contribution is 6.30. The van der Waals surface area contributed by atoms with Crippen LogP contribution in [0.5, 0.6) is 5.75 Å². The molecule has 1 N–H and O–H groups in total. The maximum atomic E-state index is 13.4. The number of hydrogen-bond acceptors (Lipinski definition) is 2. The number of rotatable bonds is 3. The summed E-state index contributed by atoms with van der Waals surface area (Å²) in [6.45, 7) is 1.79. The van der Waals surface area contributed by atoms with Crippen LogP contribution >= 0.6 is 11.6 Å². The molecule has 0 aromatic heterocycles. The predicted octanol–water partition coefficient (Wildman–Crippen LogP) is 4.02. The van der Waals surface area contributed by atoms with E-state index < -0.39 is 5.82 Å². The third kappa shape index (κ3) is 3.16. The molecule has 1 amide bonds. The standard InChI is InChI=1S/C16H15ClFNO2/c1-10(12-5-3-4-6-15(12)20)19(2)16(21)11-7-8-13(17)14(18)9-11/h3-10,20H,1-2H3. The molecule has 110 valence electrons. The van der Waals surface area contributed by atoms with E-state index in [0.29, 0.717) is 5.56 Å². The summed E-state index contributed by atoms with van der Waals surface area (Å²) in [5, 5.41) is 9.82. The first kappa shape index (κ1) is 15.3. The van der Waals surface area contributed by atoms with E-state index in [4.69, 9.17) is 11.6 Å². The van der Waals surface area contributed by atoms with Crippen LogP contribution in [0.25, 0.3) is 0 Å². The Bertz CT molecular complexity index is 675. The normalized spacial score (nSPS) is 12.0. The minimum atomic E-state index is -0.633. The second kappa shape index (κ2) is 6.14. The van der Waals surface area contributed by atoms with Crippen LogP contribution < -0.4 is 0 Å². The van der Waals surface area contributed by atoms with Crippen LogP contribution in [-0.4, -0.2) is 23.0 Å². The van der Waals surface area contributed by atoms with Gasteiger partial charge in [-0.25, -0.2) is 4.39 Å². The van der Waals surface area contributed by atoms with Crippen molar-refractivity contribution < 1.29 is 14.3 Å². The Balaban J connectivity index is 2.26. The van der Waals surface area contributed by atoms with Crippen molar-refractivity contribution in [1.29, 1.82) is 0 Å². The van der Waals surface area contributed by atoms with Gasteiger partial charge < -0.3 is 10.0 Å². The number of halogens is 2. The highest BCUT2D eigenvalue weighted by Crippen LogP contribution is 2.28. The van der Waals surface area contributed by atoms with Gasteiger partial charge in [-0.3, -0.25) is 4.79 Å². The maximum absolute atomic E-state index is 13.4. The van der Waals surface area contributed by atoms with E-state index in [0.717, 1.165) is 6.07 Å². The summed E-state index contributed by atoms with van der Waals surface area (Å²) >= 11 is 5.61. The molecule has 21 heavy (non-hydrogen) atoms. The Labute approximate surface area is 127 Å². The molecule has 0 heterocycles. The highest BCUT2D eigenvalue weighted by Gasteiger charge is 2.21. The van der Waals surface area contributed by atoms with Crippen molar-refractivity contribution >= 4 is 17.5 Å². The van der Waals surface area contributed by atoms with Crippen molar-refractivity contribution in [3.8, 4) is 5.75 Å². The van der Waals surface area contributed by atoms with Crippen molar-refractivity contribution in [3.05, 3.63) is 64.4 Å². The van der Waals surface area contributed by atoms with Crippen molar-refractivity contribution in [2.24, 2.45) is 0 Å². The zero-order valence-corrected chi connectivity index (χ0v) is 12.4. The van der Waals surface area contributed by atoms with Crippen LogP contribution in [0.15, 0.2) is 42.5 Å². The second-order valence-corrected chi connectivity index (χ2v) is 5.19. The van der Waals surface area contributed by atoms with Gasteiger partial charge in [0.2, 0.25) is 0 Å². The number of para-hydroxylation sites is 1. The SMILES string of the molecule is CC(c1ccccc1O)N(C)C(=O)c1ccc(Cl)c(F)c1. The van der Waals surface area contributed by atoms with E-state index in [2.05, 4.69) is 0 Å². The van der Waals surface area contributed by atoms with Crippen LogP contribution in [0.2, 0.25) is 5.02 Å². The molecule has 0 radical (unpaired) electrons. The van der Waals surface area contributed by atoms with Gasteiger partial charge in [-0.05, 0) is 31.2 Å². The number of hydrogen-bond donors (Lipinski definition) is 1. The summed E-state index contributed by atoms with van der Waals surface area (Å²) in [7, 11) is 1.60. The maximum Gasteiger partial charge on any atom is 0.254 e. The third-order valence-electron chi connectivity index (χ3n) is 3.45. The Hall–Kier alpha value is -2.07. The fraction of sp³-hybridized carbons (Fsp3) is 0.188. The molecular weight excluding hydrogens is 293 g/mol. The van der Waals surface area contributed by atoms with Gasteiger partial charge in [-0.2, -0.15) is 0 Å². The summed E-state index contributed by atoms with van der Waals surface area (Å²) in [6.07, 6.45) is 0. The molecule has 1 unspecified atom stereocenters. The molecule has 0 saturated heterocycles. The van der Waals surface area contributed by atoms with Crippen LogP contribution in [0.1, 0.15) is 28.9 Å². The van der Waals surface area contributed by atoms with Gasteiger partial charge in [-0.15, -0.1) is 0 Å². The predicted molar refractivity (Wildman–Crippen MR) is 80.0 cm³/mol. The Kier molecular flexibility index (Phi) is 4.48. The number of phenols is 1. The molecule has 0 bridgehead atoms. The first-order valence-electron chi connectivity index (χ1n) is 6.42. The molecule has 0 aliphatic heterocycles. The van der Waals surface area contributed by atoms with Gasteiger partial charge in [-0.1, -0.05) is 29.8 Å². The number of phenolic OH excluding ortho intramolecular Hbond substituents is 1. The molecule has 0 aliphatic rings. The summed E-state index contributed by atoms with van der Waals surface area (Å²) in [4.78, 5) is 13.8. The van der Waals surface area contributed by atoms with E-state index in [1.165, 1.54) is 17.0 Å². The molecule has 3 nitrogen and oxygen atoms in total. The Morgan fingerprint density at radius 2 is 1.95 bits per heavy atom. The fourth-order valence-corrected chi connectivity index (χ4v) is 2.18. The molecule has 0 saturated carbocycles. The number of carbonyl (C=O) groups is 1. The summed E-state index contributed by atoms with van der Waals surface area (Å²) in [6, 6.07) is 10.4. The molecule has 0 fully saturated rings. The minimum absolute atomic E-state index is 0.0250. The van der Waals surface area contributed by atoms with E-state index in [1.807, 2.05) is 0 Å². The average Bonchev–Trinajstić information content (AvgIpc) is 2.48. The fourth-order valence-electron chi connectivity index (χ4n) is 2.06. The number of amides is 1. The van der Waals surface area contributed by atoms with Gasteiger partial charge in [0.05, 0.1) is 11.1 Å². The monoisotopic (exact) mass is 307 g/mol. The molecule has 1 atom stereocenters. The second-order valence-electron chi connectivity index (χ2n) is 4.78. The number of carbonyl (C=O) groups excluding carboxylic acids is 1. The number of nitrogens with zero attached hydrogens (tertiary/aromatic N) is 1. The average molecular weight is 308 g/mol. The van der Waals surface area contributed by atoms with E-state index in [9.17, 15) is 14.3 Å². The summed E-state index contributed by atoms with van der Waals surface area (Å²) in [5.41, 5.74) is 0.837. The largest absolute Gasteiger partial charge is 0.508 e. The molecular formula is C16H15ClFNO2. The Morgan fingerprint density at radius 1 is 1.29 bits per heavy atom. The van der Waals surface area contributed by atoms with Crippen LogP contribution in [-0.2, 0) is 0 Å². The highest BCUT2D eigenvalue weighted by atomic mass is 35.5. The van der Waals surface area contributed by atoms with Crippen LogP contribution in [0.4, 0.5) is 4.39 Å². The lowest BCUT2D eigenvalue weighted by molar-refractivity contribution is 0.0741. The molecule has 5 heteroatoms. The van der Waals surface area contributed by atoms with E-state index >= 15 is 0 Å². The van der Waals surface area contributed by atoms with Gasteiger partial charge in [0, 0.05) is 18.2 Å². The molecule has 2 aromatic carbocycles. The zero-order valence-electron chi connectivity index (χ0n) is 11.7. The first-order valence-corrected chi connectivity index (χ1v) is 6.79. The molecule has 0 aliphatic carbocycles. The topological polar surface area (TPSA) is 40.5 Å². The Morgan fingerprint density at radius 3 is 2.57 bits per heavy atom. The quantitative estimate of drug-likeness (QED) is 0.930. The molecule has 2 rings (SSSR count). The van der Waals surface area contributed by atoms with Gasteiger partial charge in [0.1, 0.15) is 11.6 Å². The smallest absolute Gasteiger partial charge is 0.254 e. The lowest BCUT2D eigenvalue weighted by atomic mass is 10.1. The van der Waals surface area contributed by atoms with Crippen molar-refractivity contribution in [2.45, 2.75) is 13.0 Å². The van der Waals surface area contributed by atoms with Crippen molar-refractivity contribution in [3.63, 3.8) is 0 Å². The summed E-state index contributed by atoms with van der Waals surface area (Å²) in [5.74, 6) is -0.862. The zero-order chi connectivity index (χ0) is 15.6. The summed E-state index contributed by atoms with van der Waals surface area (Å²) < 4.78 is 13.4. The number of benzene rings is 2.